The molecule has 0 unspecified atom stereocenters. The third kappa shape index (κ3) is 2.64. The Morgan fingerprint density at radius 1 is 1.18 bits per heavy atom. The van der Waals surface area contributed by atoms with E-state index in [0.717, 1.165) is 16.8 Å². The van der Waals surface area contributed by atoms with Gasteiger partial charge in [-0.3, -0.25) is 0 Å². The number of carbonyl (C=O) groups excluding carboxylic acids is 1. The second-order valence-corrected chi connectivity index (χ2v) is 3.41. The van der Waals surface area contributed by atoms with Crippen molar-refractivity contribution >= 4 is 16.7 Å². The molecule has 0 aliphatic heterocycles. The number of fused-ring (bicyclic) bond motifs is 1. The number of hydrogen-bond donors (Lipinski definition) is 0. The first-order valence-electron chi connectivity index (χ1n) is 5.21. The number of rotatable bonds is 4. The zero-order chi connectivity index (χ0) is 12.1. The second-order valence-electron chi connectivity index (χ2n) is 3.41. The second kappa shape index (κ2) is 5.16. The molecule has 0 saturated carbocycles. The van der Waals surface area contributed by atoms with Gasteiger partial charge in [-0.15, -0.1) is 0 Å². The van der Waals surface area contributed by atoms with Crippen LogP contribution < -0.4 is 4.74 Å². The number of benzene rings is 2. The molecule has 0 atom stereocenters. The Labute approximate surface area is 99.3 Å². The maximum atomic E-state index is 10.8. The maximum absolute atomic E-state index is 10.8. The monoisotopic (exact) mass is 228 g/mol. The highest BCUT2D eigenvalue weighted by Gasteiger charge is 2.01. The molecular formula is C14H12O3. The first-order chi connectivity index (χ1) is 8.31. The summed E-state index contributed by atoms with van der Waals surface area (Å²) in [6, 6.07) is 13.6. The highest BCUT2D eigenvalue weighted by molar-refractivity contribution is 5.88. The van der Waals surface area contributed by atoms with E-state index in [1.54, 1.807) is 0 Å². The first kappa shape index (κ1) is 11.2. The molecule has 0 spiro atoms. The lowest BCUT2D eigenvalue weighted by Crippen LogP contribution is -2.07. The van der Waals surface area contributed by atoms with Crippen LogP contribution in [0.4, 0.5) is 0 Å². The normalized spacial score (nSPS) is 9.88. The molecule has 0 fully saturated rings. The predicted octanol–water partition coefficient (Wildman–Crippen LogP) is 2.91. The van der Waals surface area contributed by atoms with Gasteiger partial charge in [0.2, 0.25) is 6.79 Å². The van der Waals surface area contributed by atoms with Gasteiger partial charge in [0.1, 0.15) is 5.75 Å². The van der Waals surface area contributed by atoms with E-state index in [4.69, 9.17) is 9.47 Å². The SMILES string of the molecule is C=CC(=O)OCOc1cccc2ccccc12. The van der Waals surface area contributed by atoms with Crippen LogP contribution >= 0.6 is 0 Å². The van der Waals surface area contributed by atoms with Crippen LogP contribution in [0.25, 0.3) is 10.8 Å². The van der Waals surface area contributed by atoms with Crippen LogP contribution in [0.1, 0.15) is 0 Å². The lowest BCUT2D eigenvalue weighted by atomic mass is 10.1. The molecule has 17 heavy (non-hydrogen) atoms. The standard InChI is InChI=1S/C14H12O3/c1-2-14(15)17-10-16-13-9-5-7-11-6-3-4-8-12(11)13/h2-9H,1,10H2. The van der Waals surface area contributed by atoms with Gasteiger partial charge in [0, 0.05) is 11.5 Å². The van der Waals surface area contributed by atoms with Crippen molar-refractivity contribution in [3.8, 4) is 5.75 Å². The molecule has 0 amide bonds. The summed E-state index contributed by atoms with van der Waals surface area (Å²) >= 11 is 0. The van der Waals surface area contributed by atoms with Crippen molar-refractivity contribution in [1.82, 2.24) is 0 Å². The molecule has 0 bridgehead atoms. The Morgan fingerprint density at radius 2 is 1.94 bits per heavy atom. The fourth-order valence-corrected chi connectivity index (χ4v) is 1.53. The van der Waals surface area contributed by atoms with Crippen LogP contribution in [-0.2, 0) is 9.53 Å². The fourth-order valence-electron chi connectivity index (χ4n) is 1.53. The van der Waals surface area contributed by atoms with E-state index in [9.17, 15) is 4.79 Å². The lowest BCUT2D eigenvalue weighted by molar-refractivity contribution is -0.144. The van der Waals surface area contributed by atoms with E-state index in [0.29, 0.717) is 5.75 Å². The zero-order valence-corrected chi connectivity index (χ0v) is 9.26. The van der Waals surface area contributed by atoms with Crippen LogP contribution in [0.5, 0.6) is 5.75 Å². The van der Waals surface area contributed by atoms with Gasteiger partial charge >= 0.3 is 5.97 Å². The van der Waals surface area contributed by atoms with Crippen molar-refractivity contribution in [1.29, 1.82) is 0 Å². The van der Waals surface area contributed by atoms with Gasteiger partial charge in [-0.25, -0.2) is 4.79 Å². The maximum Gasteiger partial charge on any atom is 0.333 e. The van der Waals surface area contributed by atoms with Gasteiger partial charge in [-0.2, -0.15) is 0 Å². The minimum atomic E-state index is -0.495. The van der Waals surface area contributed by atoms with Gasteiger partial charge in [0.15, 0.2) is 0 Å². The van der Waals surface area contributed by atoms with Gasteiger partial charge in [-0.1, -0.05) is 43.0 Å². The van der Waals surface area contributed by atoms with Crippen LogP contribution in [0.3, 0.4) is 0 Å². The molecule has 0 radical (unpaired) electrons. The Bertz CT molecular complexity index is 541. The van der Waals surface area contributed by atoms with Crippen molar-refractivity contribution in [3.05, 3.63) is 55.1 Å². The molecular weight excluding hydrogens is 216 g/mol. The summed E-state index contributed by atoms with van der Waals surface area (Å²) in [5.74, 6) is 0.199. The summed E-state index contributed by atoms with van der Waals surface area (Å²) < 4.78 is 10.2. The van der Waals surface area contributed by atoms with E-state index in [1.807, 2.05) is 42.5 Å². The Morgan fingerprint density at radius 3 is 2.76 bits per heavy atom. The third-order valence-corrected chi connectivity index (χ3v) is 2.33. The summed E-state index contributed by atoms with van der Waals surface area (Å²) in [5.41, 5.74) is 0. The molecule has 0 aromatic heterocycles. The zero-order valence-electron chi connectivity index (χ0n) is 9.26. The van der Waals surface area contributed by atoms with Crippen molar-refractivity contribution in [2.24, 2.45) is 0 Å². The Hall–Kier alpha value is -2.29. The van der Waals surface area contributed by atoms with Crippen molar-refractivity contribution < 1.29 is 14.3 Å². The van der Waals surface area contributed by atoms with E-state index in [-0.39, 0.29) is 6.79 Å². The number of esters is 1. The fraction of sp³-hybridized carbons (Fsp3) is 0.0714. The smallest absolute Gasteiger partial charge is 0.333 e. The van der Waals surface area contributed by atoms with Crippen molar-refractivity contribution in [3.63, 3.8) is 0 Å². The average Bonchev–Trinajstić information content (AvgIpc) is 2.39. The highest BCUT2D eigenvalue weighted by Crippen LogP contribution is 2.24. The topological polar surface area (TPSA) is 35.5 Å². The van der Waals surface area contributed by atoms with E-state index in [2.05, 4.69) is 6.58 Å². The van der Waals surface area contributed by atoms with E-state index in [1.165, 1.54) is 0 Å². The molecule has 86 valence electrons. The number of carbonyl (C=O) groups is 1. The minimum absolute atomic E-state index is 0.112. The van der Waals surface area contributed by atoms with Crippen LogP contribution in [0, 0.1) is 0 Å². The van der Waals surface area contributed by atoms with Crippen molar-refractivity contribution in [2.45, 2.75) is 0 Å². The van der Waals surface area contributed by atoms with E-state index < -0.39 is 5.97 Å². The molecule has 2 aromatic carbocycles. The molecule has 3 nitrogen and oxygen atoms in total. The molecule has 0 saturated heterocycles. The Balaban J connectivity index is 2.13. The summed E-state index contributed by atoms with van der Waals surface area (Å²) in [4.78, 5) is 10.8. The molecule has 0 aliphatic rings. The lowest BCUT2D eigenvalue weighted by Gasteiger charge is -2.08. The molecule has 0 heterocycles. The number of ether oxygens (including phenoxy) is 2. The number of hydrogen-bond acceptors (Lipinski definition) is 3. The summed E-state index contributed by atoms with van der Waals surface area (Å²) in [6.07, 6.45) is 1.10. The van der Waals surface area contributed by atoms with Crippen molar-refractivity contribution in [2.75, 3.05) is 6.79 Å². The minimum Gasteiger partial charge on any atom is -0.457 e. The molecule has 3 heteroatoms. The van der Waals surface area contributed by atoms with Gasteiger partial charge < -0.3 is 9.47 Å². The molecule has 2 aromatic rings. The predicted molar refractivity (Wildman–Crippen MR) is 65.7 cm³/mol. The first-order valence-corrected chi connectivity index (χ1v) is 5.21. The molecule has 0 aliphatic carbocycles. The Kier molecular flexibility index (Phi) is 3.40. The summed E-state index contributed by atoms with van der Waals surface area (Å²) in [5, 5.41) is 2.07. The van der Waals surface area contributed by atoms with E-state index >= 15 is 0 Å². The largest absolute Gasteiger partial charge is 0.457 e. The van der Waals surface area contributed by atoms with Gasteiger partial charge in [0.25, 0.3) is 0 Å². The molecule has 2 rings (SSSR count). The van der Waals surface area contributed by atoms with Gasteiger partial charge in [0.05, 0.1) is 0 Å². The average molecular weight is 228 g/mol. The molecule has 0 N–H and O–H groups in total. The summed E-state index contributed by atoms with van der Waals surface area (Å²) in [6.45, 7) is 3.19. The van der Waals surface area contributed by atoms with Crippen LogP contribution in [0.2, 0.25) is 0 Å². The van der Waals surface area contributed by atoms with Crippen LogP contribution in [-0.4, -0.2) is 12.8 Å². The third-order valence-electron chi connectivity index (χ3n) is 2.33. The van der Waals surface area contributed by atoms with Crippen LogP contribution in [0.15, 0.2) is 55.1 Å². The van der Waals surface area contributed by atoms with Gasteiger partial charge in [-0.05, 0) is 11.5 Å². The quantitative estimate of drug-likeness (QED) is 0.458. The highest BCUT2D eigenvalue weighted by atomic mass is 16.7. The summed E-state index contributed by atoms with van der Waals surface area (Å²) in [7, 11) is 0.